The molecule has 5 nitrogen and oxygen atoms in total. The summed E-state index contributed by atoms with van der Waals surface area (Å²) in [5, 5.41) is 10.9. The summed E-state index contributed by atoms with van der Waals surface area (Å²) >= 11 is 0. The van der Waals surface area contributed by atoms with Gasteiger partial charge in [0, 0.05) is 44.2 Å². The van der Waals surface area contributed by atoms with Gasteiger partial charge in [-0.2, -0.15) is 5.10 Å². The molecule has 1 aliphatic heterocycles. The van der Waals surface area contributed by atoms with Gasteiger partial charge in [-0.1, -0.05) is 31.4 Å². The molecule has 1 saturated carbocycles. The lowest BCUT2D eigenvalue weighted by atomic mass is 9.69. The van der Waals surface area contributed by atoms with Crippen molar-refractivity contribution in [2.45, 2.75) is 43.4 Å². The molecule has 1 aromatic carbocycles. The highest BCUT2D eigenvalue weighted by Crippen LogP contribution is 2.39. The van der Waals surface area contributed by atoms with E-state index in [1.54, 1.807) is 4.68 Å². The van der Waals surface area contributed by atoms with Gasteiger partial charge in [-0.25, -0.2) is 4.39 Å². The second kappa shape index (κ2) is 9.26. The van der Waals surface area contributed by atoms with Crippen molar-refractivity contribution < 1.29 is 9.18 Å². The Bertz CT molecular complexity index is 816. The van der Waals surface area contributed by atoms with Crippen molar-refractivity contribution in [1.29, 1.82) is 0 Å². The molecule has 1 aromatic heterocycles. The maximum Gasteiger partial charge on any atom is 0.225 e. The SMILES string of the molecule is Cl.Cn1cc([C@H]2CNC[C@@H]2C(=O)NCC2(c3ccc(F)cc3)CCCCC2)cn1. The third-order valence-electron chi connectivity index (χ3n) is 6.57. The molecule has 2 aromatic rings. The van der Waals surface area contributed by atoms with Gasteiger partial charge in [-0.3, -0.25) is 9.48 Å². The number of amides is 1. The van der Waals surface area contributed by atoms with Gasteiger partial charge in [0.25, 0.3) is 0 Å². The zero-order chi connectivity index (χ0) is 19.6. The topological polar surface area (TPSA) is 59.0 Å². The molecule has 2 atom stereocenters. The lowest BCUT2D eigenvalue weighted by Crippen LogP contribution is -2.45. The summed E-state index contributed by atoms with van der Waals surface area (Å²) in [6, 6.07) is 6.85. The van der Waals surface area contributed by atoms with Gasteiger partial charge >= 0.3 is 0 Å². The van der Waals surface area contributed by atoms with E-state index in [4.69, 9.17) is 0 Å². The highest BCUT2D eigenvalue weighted by Gasteiger charge is 2.38. The molecule has 1 aliphatic carbocycles. The number of halogens is 2. The van der Waals surface area contributed by atoms with Crippen LogP contribution in [-0.4, -0.2) is 35.3 Å². The molecule has 158 valence electrons. The molecule has 0 spiro atoms. The second-order valence-corrected chi connectivity index (χ2v) is 8.38. The fraction of sp³-hybridized carbons (Fsp3) is 0.545. The van der Waals surface area contributed by atoms with Gasteiger partial charge < -0.3 is 10.6 Å². The van der Waals surface area contributed by atoms with Crippen LogP contribution < -0.4 is 10.6 Å². The van der Waals surface area contributed by atoms with Crippen LogP contribution in [0.4, 0.5) is 4.39 Å². The van der Waals surface area contributed by atoms with Crippen LogP contribution in [0.5, 0.6) is 0 Å². The smallest absolute Gasteiger partial charge is 0.225 e. The third-order valence-corrected chi connectivity index (χ3v) is 6.57. The van der Waals surface area contributed by atoms with Crippen molar-refractivity contribution in [3.8, 4) is 0 Å². The van der Waals surface area contributed by atoms with E-state index < -0.39 is 0 Å². The number of rotatable bonds is 5. The van der Waals surface area contributed by atoms with Gasteiger partial charge in [-0.05, 0) is 36.1 Å². The number of nitrogens with zero attached hydrogens (tertiary/aromatic N) is 2. The van der Waals surface area contributed by atoms with Crippen LogP contribution in [0.3, 0.4) is 0 Å². The number of carbonyl (C=O) groups is 1. The summed E-state index contributed by atoms with van der Waals surface area (Å²) in [5.41, 5.74) is 2.16. The summed E-state index contributed by atoms with van der Waals surface area (Å²) in [4.78, 5) is 13.1. The number of aromatic nitrogens is 2. The first-order valence-electron chi connectivity index (χ1n) is 10.3. The van der Waals surface area contributed by atoms with Crippen molar-refractivity contribution in [1.82, 2.24) is 20.4 Å². The standard InChI is InChI=1S/C22H29FN4O.ClH/c1-27-14-16(11-26-27)19-12-24-13-20(19)21(28)25-15-22(9-3-2-4-10-22)17-5-7-18(23)8-6-17;/h5-8,11,14,19-20,24H,2-4,9-10,12-13,15H2,1H3,(H,25,28);1H/t19-,20+;/m1./s1. The minimum atomic E-state index is -0.213. The van der Waals surface area contributed by atoms with E-state index in [9.17, 15) is 9.18 Å². The van der Waals surface area contributed by atoms with Crippen LogP contribution in [0.15, 0.2) is 36.7 Å². The number of benzene rings is 1. The first-order valence-corrected chi connectivity index (χ1v) is 10.3. The molecule has 0 bridgehead atoms. The molecule has 7 heteroatoms. The maximum absolute atomic E-state index is 13.4. The minimum Gasteiger partial charge on any atom is -0.355 e. The summed E-state index contributed by atoms with van der Waals surface area (Å²) in [6.45, 7) is 2.11. The van der Waals surface area contributed by atoms with Gasteiger partial charge in [0.1, 0.15) is 5.82 Å². The number of carbonyl (C=O) groups excluding carboxylic acids is 1. The average Bonchev–Trinajstić information content (AvgIpc) is 3.36. The lowest BCUT2D eigenvalue weighted by molar-refractivity contribution is -0.125. The summed E-state index contributed by atoms with van der Waals surface area (Å²) < 4.78 is 15.2. The van der Waals surface area contributed by atoms with E-state index in [0.717, 1.165) is 43.4 Å². The molecule has 2 aliphatic rings. The molecule has 29 heavy (non-hydrogen) atoms. The van der Waals surface area contributed by atoms with Crippen LogP contribution in [-0.2, 0) is 17.3 Å². The Kier molecular flexibility index (Phi) is 6.96. The van der Waals surface area contributed by atoms with Crippen LogP contribution in [0, 0.1) is 11.7 Å². The fourth-order valence-electron chi connectivity index (χ4n) is 4.92. The van der Waals surface area contributed by atoms with Crippen molar-refractivity contribution in [2.75, 3.05) is 19.6 Å². The predicted octanol–water partition coefficient (Wildman–Crippen LogP) is 3.30. The zero-order valence-corrected chi connectivity index (χ0v) is 17.7. The summed E-state index contributed by atoms with van der Waals surface area (Å²) in [7, 11) is 1.90. The van der Waals surface area contributed by atoms with Gasteiger partial charge in [-0.15, -0.1) is 12.4 Å². The van der Waals surface area contributed by atoms with E-state index >= 15 is 0 Å². The van der Waals surface area contributed by atoms with Gasteiger partial charge in [0.05, 0.1) is 12.1 Å². The quantitative estimate of drug-likeness (QED) is 0.780. The van der Waals surface area contributed by atoms with Crippen molar-refractivity contribution in [3.05, 3.63) is 53.6 Å². The predicted molar refractivity (Wildman–Crippen MR) is 114 cm³/mol. The minimum absolute atomic E-state index is 0. The number of hydrogen-bond donors (Lipinski definition) is 2. The Hall–Kier alpha value is -1.92. The van der Waals surface area contributed by atoms with E-state index in [1.807, 2.05) is 31.6 Å². The van der Waals surface area contributed by atoms with Crippen LogP contribution >= 0.6 is 12.4 Å². The second-order valence-electron chi connectivity index (χ2n) is 8.38. The van der Waals surface area contributed by atoms with Gasteiger partial charge in [0.15, 0.2) is 0 Å². The van der Waals surface area contributed by atoms with Crippen molar-refractivity contribution >= 4 is 18.3 Å². The summed E-state index contributed by atoms with van der Waals surface area (Å²) in [5.74, 6) is -0.0408. The molecule has 1 amide bonds. The highest BCUT2D eigenvalue weighted by molar-refractivity contribution is 5.85. The molecule has 0 unspecified atom stereocenters. The Morgan fingerprint density at radius 2 is 1.97 bits per heavy atom. The molecule has 4 rings (SSSR count). The van der Waals surface area contributed by atoms with E-state index in [0.29, 0.717) is 13.1 Å². The normalized spacial score (nSPS) is 23.4. The molecule has 2 N–H and O–H groups in total. The molecule has 2 fully saturated rings. The van der Waals surface area contributed by atoms with Crippen LogP contribution in [0.25, 0.3) is 0 Å². The maximum atomic E-state index is 13.4. The average molecular weight is 421 g/mol. The molecular formula is C22H30ClFN4O. The number of aryl methyl sites for hydroxylation is 1. The van der Waals surface area contributed by atoms with Gasteiger partial charge in [0.2, 0.25) is 5.91 Å². The molecule has 0 radical (unpaired) electrons. The largest absolute Gasteiger partial charge is 0.355 e. The van der Waals surface area contributed by atoms with E-state index in [1.165, 1.54) is 18.6 Å². The van der Waals surface area contributed by atoms with Crippen molar-refractivity contribution in [2.24, 2.45) is 13.0 Å². The van der Waals surface area contributed by atoms with E-state index in [2.05, 4.69) is 15.7 Å². The monoisotopic (exact) mass is 420 g/mol. The Morgan fingerprint density at radius 3 is 2.62 bits per heavy atom. The third kappa shape index (κ3) is 4.64. The van der Waals surface area contributed by atoms with Crippen LogP contribution in [0.1, 0.15) is 49.1 Å². The van der Waals surface area contributed by atoms with Crippen LogP contribution in [0.2, 0.25) is 0 Å². The number of nitrogens with one attached hydrogen (secondary N) is 2. The molecule has 2 heterocycles. The zero-order valence-electron chi connectivity index (χ0n) is 16.9. The first kappa shape index (κ1) is 21.8. The summed E-state index contributed by atoms with van der Waals surface area (Å²) in [6.07, 6.45) is 9.46. The van der Waals surface area contributed by atoms with E-state index in [-0.39, 0.29) is 41.4 Å². The fourth-order valence-corrected chi connectivity index (χ4v) is 4.92. The number of hydrogen-bond acceptors (Lipinski definition) is 3. The molecular weight excluding hydrogens is 391 g/mol. The van der Waals surface area contributed by atoms with Crippen molar-refractivity contribution in [3.63, 3.8) is 0 Å². The Balaban J connectivity index is 0.00000240. The Morgan fingerprint density at radius 1 is 1.24 bits per heavy atom. The lowest BCUT2D eigenvalue weighted by Gasteiger charge is -2.38. The first-order chi connectivity index (χ1) is 13.6. The molecule has 1 saturated heterocycles. The highest BCUT2D eigenvalue weighted by atomic mass is 35.5. The Labute approximate surface area is 177 Å².